The van der Waals surface area contributed by atoms with E-state index in [0.717, 1.165) is 16.2 Å². The van der Waals surface area contributed by atoms with Gasteiger partial charge in [-0.25, -0.2) is 4.98 Å². The molecule has 142 valence electrons. The molecule has 0 radical (unpaired) electrons. The van der Waals surface area contributed by atoms with Gasteiger partial charge in [-0.05, 0) is 26.0 Å². The molecule has 9 nitrogen and oxygen atoms in total. The molecule has 0 aliphatic rings. The van der Waals surface area contributed by atoms with Gasteiger partial charge in [0.15, 0.2) is 4.96 Å². The van der Waals surface area contributed by atoms with Crippen molar-refractivity contribution in [2.24, 2.45) is 0 Å². The number of carbonyl (C=O) groups excluding carboxylic acids is 1. The third-order valence-corrected chi connectivity index (χ3v) is 5.15. The lowest BCUT2D eigenvalue weighted by atomic mass is 10.1. The Bertz CT molecular complexity index is 1160. The lowest BCUT2D eigenvalue weighted by molar-refractivity contribution is -0.386. The minimum absolute atomic E-state index is 0.0582. The van der Waals surface area contributed by atoms with Crippen LogP contribution in [0.4, 0.5) is 11.4 Å². The standard InChI is InChI=1S/C18H16N6O3S/c1-11-17(24(26)27)12(2)23(21-11)10-16(25)19-14-5-3-13(4-6-14)15-9-22-7-8-28-18(22)20-15/h3-9H,10H2,1-2H3,(H,19,25). The molecule has 4 aromatic rings. The van der Waals surface area contributed by atoms with Crippen LogP contribution in [0.15, 0.2) is 42.0 Å². The average Bonchev–Trinajstić information content (AvgIpc) is 3.29. The number of aromatic nitrogens is 4. The summed E-state index contributed by atoms with van der Waals surface area (Å²) in [5.41, 5.74) is 3.03. The molecule has 28 heavy (non-hydrogen) atoms. The molecule has 3 aromatic heterocycles. The van der Waals surface area contributed by atoms with Crippen LogP contribution in [0.25, 0.3) is 16.2 Å². The van der Waals surface area contributed by atoms with Crippen LogP contribution < -0.4 is 5.32 Å². The van der Waals surface area contributed by atoms with Crippen LogP contribution in [0.1, 0.15) is 11.4 Å². The molecule has 0 aliphatic carbocycles. The molecule has 0 spiro atoms. The van der Waals surface area contributed by atoms with Gasteiger partial charge < -0.3 is 5.32 Å². The minimum atomic E-state index is -0.481. The first-order valence-electron chi connectivity index (χ1n) is 8.43. The number of benzene rings is 1. The summed E-state index contributed by atoms with van der Waals surface area (Å²) in [4.78, 5) is 28.4. The molecule has 3 heterocycles. The van der Waals surface area contributed by atoms with Crippen molar-refractivity contribution >= 4 is 33.6 Å². The second kappa shape index (κ2) is 6.89. The van der Waals surface area contributed by atoms with E-state index in [9.17, 15) is 14.9 Å². The predicted octanol–water partition coefficient (Wildman–Crippen LogP) is 3.42. The molecular formula is C18H16N6O3S. The summed E-state index contributed by atoms with van der Waals surface area (Å²) in [6.45, 7) is 3.04. The largest absolute Gasteiger partial charge is 0.324 e. The summed E-state index contributed by atoms with van der Waals surface area (Å²) < 4.78 is 3.30. The topological polar surface area (TPSA) is 107 Å². The van der Waals surface area contributed by atoms with Crippen molar-refractivity contribution in [3.8, 4) is 11.3 Å². The highest BCUT2D eigenvalue weighted by Gasteiger charge is 2.22. The van der Waals surface area contributed by atoms with Gasteiger partial charge in [0.1, 0.15) is 17.9 Å². The van der Waals surface area contributed by atoms with Gasteiger partial charge in [-0.15, -0.1) is 11.3 Å². The van der Waals surface area contributed by atoms with Crippen LogP contribution in [-0.4, -0.2) is 30.0 Å². The van der Waals surface area contributed by atoms with Crippen LogP contribution in [0.3, 0.4) is 0 Å². The number of imidazole rings is 1. The Hall–Kier alpha value is -3.53. The maximum atomic E-state index is 12.3. The number of carbonyl (C=O) groups is 1. The van der Waals surface area contributed by atoms with Crippen molar-refractivity contribution in [2.75, 3.05) is 5.32 Å². The van der Waals surface area contributed by atoms with Crippen molar-refractivity contribution in [2.45, 2.75) is 20.4 Å². The molecule has 0 fully saturated rings. The van der Waals surface area contributed by atoms with Crippen molar-refractivity contribution in [1.82, 2.24) is 19.2 Å². The lowest BCUT2D eigenvalue weighted by Crippen LogP contribution is -2.20. The average molecular weight is 396 g/mol. The SMILES string of the molecule is Cc1nn(CC(=O)Nc2ccc(-c3cn4ccsc4n3)cc2)c(C)c1[N+](=O)[O-]. The molecule has 1 aromatic carbocycles. The third-order valence-electron chi connectivity index (χ3n) is 4.38. The second-order valence-corrected chi connectivity index (χ2v) is 7.15. The van der Waals surface area contributed by atoms with Crippen molar-refractivity contribution in [3.05, 3.63) is 63.5 Å². The van der Waals surface area contributed by atoms with E-state index >= 15 is 0 Å². The number of thiazole rings is 1. The van der Waals surface area contributed by atoms with Crippen LogP contribution in [0, 0.1) is 24.0 Å². The summed E-state index contributed by atoms with van der Waals surface area (Å²) >= 11 is 1.57. The molecule has 0 saturated carbocycles. The molecule has 0 unspecified atom stereocenters. The summed E-state index contributed by atoms with van der Waals surface area (Å²) in [7, 11) is 0. The van der Waals surface area contributed by atoms with Gasteiger partial charge in [0.05, 0.1) is 10.6 Å². The second-order valence-electron chi connectivity index (χ2n) is 6.28. The Balaban J connectivity index is 1.46. The fraction of sp³-hybridized carbons (Fsp3) is 0.167. The number of anilines is 1. The van der Waals surface area contributed by atoms with Crippen LogP contribution in [0.2, 0.25) is 0 Å². The number of nitrogens with one attached hydrogen (secondary N) is 1. The fourth-order valence-corrected chi connectivity index (χ4v) is 3.73. The molecule has 0 bridgehead atoms. The molecule has 1 N–H and O–H groups in total. The highest BCUT2D eigenvalue weighted by atomic mass is 32.1. The molecule has 10 heteroatoms. The Labute approximate surface area is 163 Å². The summed E-state index contributed by atoms with van der Waals surface area (Å²) in [6, 6.07) is 7.36. The smallest absolute Gasteiger partial charge is 0.312 e. The minimum Gasteiger partial charge on any atom is -0.324 e. The zero-order chi connectivity index (χ0) is 19.8. The first-order valence-corrected chi connectivity index (χ1v) is 9.31. The summed E-state index contributed by atoms with van der Waals surface area (Å²) in [6.07, 6.45) is 3.91. The van der Waals surface area contributed by atoms with Crippen LogP contribution >= 0.6 is 11.3 Å². The summed E-state index contributed by atoms with van der Waals surface area (Å²) in [5, 5.41) is 19.9. The molecule has 4 rings (SSSR count). The molecule has 0 atom stereocenters. The molecule has 1 amide bonds. The Kier molecular flexibility index (Phi) is 4.40. The molecule has 0 aliphatic heterocycles. The molecular weight excluding hydrogens is 380 g/mol. The van der Waals surface area contributed by atoms with E-state index in [1.807, 2.05) is 34.3 Å². The number of hydrogen-bond acceptors (Lipinski definition) is 6. The van der Waals surface area contributed by atoms with E-state index in [4.69, 9.17) is 0 Å². The monoisotopic (exact) mass is 396 g/mol. The predicted molar refractivity (Wildman–Crippen MR) is 105 cm³/mol. The van der Waals surface area contributed by atoms with Gasteiger partial charge in [0.2, 0.25) is 5.91 Å². The first-order chi connectivity index (χ1) is 13.4. The number of nitrogens with zero attached hydrogens (tertiary/aromatic N) is 5. The van der Waals surface area contributed by atoms with Crippen molar-refractivity contribution in [1.29, 1.82) is 0 Å². The number of amides is 1. The van der Waals surface area contributed by atoms with E-state index in [2.05, 4.69) is 15.4 Å². The maximum Gasteiger partial charge on any atom is 0.312 e. The zero-order valence-electron chi connectivity index (χ0n) is 15.1. The van der Waals surface area contributed by atoms with E-state index < -0.39 is 4.92 Å². The summed E-state index contributed by atoms with van der Waals surface area (Å²) in [5.74, 6) is -0.309. The zero-order valence-corrected chi connectivity index (χ0v) is 15.9. The Morgan fingerprint density at radius 3 is 2.68 bits per heavy atom. The number of aryl methyl sites for hydroxylation is 1. The lowest BCUT2D eigenvalue weighted by Gasteiger charge is -2.07. The number of nitro groups is 1. The normalized spacial score (nSPS) is 11.1. The quantitative estimate of drug-likeness (QED) is 0.411. The van der Waals surface area contributed by atoms with Gasteiger partial charge >= 0.3 is 5.69 Å². The Morgan fingerprint density at radius 2 is 2.04 bits per heavy atom. The number of hydrogen-bond donors (Lipinski definition) is 1. The van der Waals surface area contributed by atoms with E-state index in [1.165, 1.54) is 4.68 Å². The maximum absolute atomic E-state index is 12.3. The van der Waals surface area contributed by atoms with E-state index in [1.54, 1.807) is 37.3 Å². The molecule has 0 saturated heterocycles. The van der Waals surface area contributed by atoms with E-state index in [-0.39, 0.29) is 18.1 Å². The van der Waals surface area contributed by atoms with Gasteiger partial charge in [-0.2, -0.15) is 5.10 Å². The van der Waals surface area contributed by atoms with E-state index in [0.29, 0.717) is 17.1 Å². The third kappa shape index (κ3) is 3.25. The van der Waals surface area contributed by atoms with Crippen LogP contribution in [-0.2, 0) is 11.3 Å². The van der Waals surface area contributed by atoms with Gasteiger partial charge in [0.25, 0.3) is 0 Å². The highest BCUT2D eigenvalue weighted by Crippen LogP contribution is 2.24. The first kappa shape index (κ1) is 17.9. The van der Waals surface area contributed by atoms with Gasteiger partial charge in [-0.3, -0.25) is 24.0 Å². The van der Waals surface area contributed by atoms with Crippen molar-refractivity contribution in [3.63, 3.8) is 0 Å². The van der Waals surface area contributed by atoms with Gasteiger partial charge in [0, 0.05) is 29.0 Å². The van der Waals surface area contributed by atoms with Crippen molar-refractivity contribution < 1.29 is 9.72 Å². The number of fused-ring (bicyclic) bond motifs is 1. The van der Waals surface area contributed by atoms with Gasteiger partial charge in [-0.1, -0.05) is 12.1 Å². The van der Waals surface area contributed by atoms with Crippen LogP contribution in [0.5, 0.6) is 0 Å². The Morgan fingerprint density at radius 1 is 1.29 bits per heavy atom. The fourth-order valence-electron chi connectivity index (χ4n) is 3.03. The highest BCUT2D eigenvalue weighted by molar-refractivity contribution is 7.15. The number of rotatable bonds is 5.